The first-order chi connectivity index (χ1) is 9.41. The monoisotopic (exact) mass is 383 g/mol. The lowest BCUT2D eigenvalue weighted by molar-refractivity contribution is 0.532. The molecule has 0 aromatic carbocycles. The fourth-order valence-electron chi connectivity index (χ4n) is 2.64. The van der Waals surface area contributed by atoms with Crippen molar-refractivity contribution in [2.45, 2.75) is 110 Å². The molecule has 0 saturated carbocycles. The Morgan fingerprint density at radius 3 is 0.864 bits per heavy atom. The van der Waals surface area contributed by atoms with Gasteiger partial charge in [0.25, 0.3) is 0 Å². The molecule has 0 aromatic heterocycles. The third-order valence-corrected chi connectivity index (χ3v) is 4.55. The van der Waals surface area contributed by atoms with Crippen LogP contribution in [0.4, 0.5) is 0 Å². The zero-order valence-electron chi connectivity index (χ0n) is 15.5. The fraction of sp³-hybridized carbons (Fsp3) is 1.00. The first-order valence-electron chi connectivity index (χ1n) is 8.97. The van der Waals surface area contributed by atoms with E-state index in [0.717, 1.165) is 0 Å². The molecule has 0 aliphatic heterocycles. The van der Waals surface area contributed by atoms with Crippen LogP contribution in [0, 0.1) is 0 Å². The van der Waals surface area contributed by atoms with E-state index in [1.807, 2.05) is 0 Å². The molecule has 0 radical (unpaired) electrons. The molecule has 0 heterocycles. The molecule has 0 aliphatic carbocycles. The Morgan fingerprint density at radius 2 is 0.636 bits per heavy atom. The molecule has 0 atom stereocenters. The van der Waals surface area contributed by atoms with Gasteiger partial charge in [0.2, 0.25) is 0 Å². The van der Waals surface area contributed by atoms with E-state index in [-0.39, 0.29) is 18.5 Å². The van der Waals surface area contributed by atoms with E-state index in [0.29, 0.717) is 0 Å². The molecular formula is C18H46BrN3. The molecule has 3 nitrogen and oxygen atoms in total. The molecule has 0 fully saturated rings. The lowest BCUT2D eigenvalue weighted by Gasteiger charge is -2.03. The van der Waals surface area contributed by atoms with Crippen LogP contribution >= 0.6 is 15.9 Å². The van der Waals surface area contributed by atoms with Gasteiger partial charge in [-0.3, -0.25) is 0 Å². The molecule has 0 bridgehead atoms. The highest BCUT2D eigenvalue weighted by molar-refractivity contribution is 9.09. The summed E-state index contributed by atoms with van der Waals surface area (Å²) in [6.45, 7) is 2.29. The zero-order chi connectivity index (χ0) is 14.0. The van der Waals surface area contributed by atoms with Crippen molar-refractivity contribution >= 4 is 15.9 Å². The summed E-state index contributed by atoms with van der Waals surface area (Å²) in [5, 5.41) is 1.19. The van der Waals surface area contributed by atoms with Gasteiger partial charge in [0, 0.05) is 5.33 Å². The quantitative estimate of drug-likeness (QED) is 0.185. The van der Waals surface area contributed by atoms with Gasteiger partial charge in [0.05, 0.1) is 0 Å². The highest BCUT2D eigenvalue weighted by Gasteiger charge is 1.94. The van der Waals surface area contributed by atoms with Crippen molar-refractivity contribution in [3.8, 4) is 0 Å². The summed E-state index contributed by atoms with van der Waals surface area (Å²) >= 11 is 3.49. The van der Waals surface area contributed by atoms with Gasteiger partial charge in [-0.1, -0.05) is 119 Å². The number of alkyl halides is 1. The Bertz CT molecular complexity index is 141. The summed E-state index contributed by atoms with van der Waals surface area (Å²) in [6, 6.07) is 0. The molecule has 0 amide bonds. The molecule has 0 aromatic rings. The highest BCUT2D eigenvalue weighted by Crippen LogP contribution is 2.13. The maximum absolute atomic E-state index is 3.49. The molecule has 0 saturated heterocycles. The smallest absolute Gasteiger partial charge is 0.00313 e. The van der Waals surface area contributed by atoms with Crippen LogP contribution in [0.3, 0.4) is 0 Å². The van der Waals surface area contributed by atoms with Crippen LogP contribution in [-0.2, 0) is 0 Å². The number of rotatable bonds is 16. The Hall–Kier alpha value is 0.360. The van der Waals surface area contributed by atoms with Crippen molar-refractivity contribution in [3.05, 3.63) is 0 Å². The van der Waals surface area contributed by atoms with E-state index in [1.165, 1.54) is 108 Å². The topological polar surface area (TPSA) is 105 Å². The molecule has 22 heavy (non-hydrogen) atoms. The second-order valence-electron chi connectivity index (χ2n) is 5.99. The Kier molecular flexibility index (Phi) is 40.4. The lowest BCUT2D eigenvalue weighted by Crippen LogP contribution is -1.83. The van der Waals surface area contributed by atoms with Gasteiger partial charge < -0.3 is 18.5 Å². The molecule has 0 spiro atoms. The molecule has 0 unspecified atom stereocenters. The van der Waals surface area contributed by atoms with Crippen LogP contribution in [0.5, 0.6) is 0 Å². The Morgan fingerprint density at radius 1 is 0.409 bits per heavy atom. The van der Waals surface area contributed by atoms with Crippen molar-refractivity contribution in [1.29, 1.82) is 0 Å². The summed E-state index contributed by atoms with van der Waals surface area (Å²) in [7, 11) is 0. The normalized spacial score (nSPS) is 9.55. The second kappa shape index (κ2) is 29.4. The van der Waals surface area contributed by atoms with Crippen LogP contribution < -0.4 is 18.5 Å². The molecule has 140 valence electrons. The minimum absolute atomic E-state index is 0. The minimum Gasteiger partial charge on any atom is -0.344 e. The number of hydrogen-bond acceptors (Lipinski definition) is 3. The Balaban J connectivity index is -0.000000540. The number of unbranched alkanes of at least 4 members (excludes halogenated alkanes) is 15. The first-order valence-corrected chi connectivity index (χ1v) is 10.1. The third-order valence-electron chi connectivity index (χ3n) is 3.99. The Labute approximate surface area is 149 Å². The zero-order valence-corrected chi connectivity index (χ0v) is 17.1. The van der Waals surface area contributed by atoms with Crippen LogP contribution in [0.1, 0.15) is 110 Å². The summed E-state index contributed by atoms with van der Waals surface area (Å²) in [5.41, 5.74) is 0. The van der Waals surface area contributed by atoms with Gasteiger partial charge in [0.15, 0.2) is 0 Å². The maximum Gasteiger partial charge on any atom is 0.00313 e. The molecule has 0 aliphatic rings. The van der Waals surface area contributed by atoms with E-state index in [4.69, 9.17) is 0 Å². The molecule has 9 N–H and O–H groups in total. The summed E-state index contributed by atoms with van der Waals surface area (Å²) < 4.78 is 0. The summed E-state index contributed by atoms with van der Waals surface area (Å²) in [4.78, 5) is 0. The average Bonchev–Trinajstić information content (AvgIpc) is 2.43. The first kappa shape index (κ1) is 30.3. The number of halogens is 1. The SMILES string of the molecule is CCCCCCCCCCCCCCCCCCBr.N.N.N. The van der Waals surface area contributed by atoms with Crippen LogP contribution in [0.15, 0.2) is 0 Å². The van der Waals surface area contributed by atoms with Crippen molar-refractivity contribution in [2.75, 3.05) is 5.33 Å². The second-order valence-corrected chi connectivity index (χ2v) is 6.79. The van der Waals surface area contributed by atoms with E-state index in [2.05, 4.69) is 22.9 Å². The van der Waals surface area contributed by atoms with Crippen LogP contribution in [0.25, 0.3) is 0 Å². The van der Waals surface area contributed by atoms with Crippen LogP contribution in [-0.4, -0.2) is 5.33 Å². The van der Waals surface area contributed by atoms with Crippen molar-refractivity contribution < 1.29 is 0 Å². The summed E-state index contributed by atoms with van der Waals surface area (Å²) in [5.74, 6) is 0. The van der Waals surface area contributed by atoms with Gasteiger partial charge in [-0.2, -0.15) is 0 Å². The van der Waals surface area contributed by atoms with Gasteiger partial charge in [-0.05, 0) is 6.42 Å². The van der Waals surface area contributed by atoms with E-state index in [1.54, 1.807) is 0 Å². The van der Waals surface area contributed by atoms with Gasteiger partial charge in [-0.15, -0.1) is 0 Å². The van der Waals surface area contributed by atoms with E-state index < -0.39 is 0 Å². The fourth-order valence-corrected chi connectivity index (χ4v) is 3.04. The lowest BCUT2D eigenvalue weighted by atomic mass is 10.0. The average molecular weight is 384 g/mol. The standard InChI is InChI=1S/C18H37Br.3H3N/c1-2-3-4-5-6-7-8-9-10-11-12-13-14-15-16-17-18-19;;;/h2-18H2,1H3;3*1H3. The minimum atomic E-state index is 0. The van der Waals surface area contributed by atoms with Gasteiger partial charge >= 0.3 is 0 Å². The molecule has 4 heteroatoms. The third kappa shape index (κ3) is 28.5. The highest BCUT2D eigenvalue weighted by atomic mass is 79.9. The molecular weight excluding hydrogens is 338 g/mol. The van der Waals surface area contributed by atoms with Crippen molar-refractivity contribution in [3.63, 3.8) is 0 Å². The number of hydrogen-bond donors (Lipinski definition) is 3. The van der Waals surface area contributed by atoms with Crippen molar-refractivity contribution in [2.24, 2.45) is 0 Å². The van der Waals surface area contributed by atoms with Crippen molar-refractivity contribution in [1.82, 2.24) is 18.5 Å². The van der Waals surface area contributed by atoms with Crippen LogP contribution in [0.2, 0.25) is 0 Å². The summed E-state index contributed by atoms with van der Waals surface area (Å²) in [6.07, 6.45) is 23.3. The molecule has 0 rings (SSSR count). The maximum atomic E-state index is 3.49. The predicted octanol–water partition coefficient (Wildman–Crippen LogP) is 8.13. The predicted molar refractivity (Wildman–Crippen MR) is 108 cm³/mol. The van der Waals surface area contributed by atoms with Gasteiger partial charge in [0.1, 0.15) is 0 Å². The largest absolute Gasteiger partial charge is 0.344 e. The van der Waals surface area contributed by atoms with E-state index >= 15 is 0 Å². The van der Waals surface area contributed by atoms with E-state index in [9.17, 15) is 0 Å². The van der Waals surface area contributed by atoms with Gasteiger partial charge in [-0.25, -0.2) is 0 Å².